The van der Waals surface area contributed by atoms with Gasteiger partial charge in [0.1, 0.15) is 19.8 Å². The number of halogens is 1. The van der Waals surface area contributed by atoms with Gasteiger partial charge in [0, 0.05) is 30.3 Å². The number of carboxylic acids is 1. The maximum absolute atomic E-state index is 12.9. The molecule has 4 aliphatic heterocycles. The predicted octanol–water partition coefficient (Wildman–Crippen LogP) is 11.9. The molecule has 5 N–H and O–H groups in total. The number of nitrogens with two attached hydrogens (primary N) is 2. The van der Waals surface area contributed by atoms with Crippen LogP contribution >= 0.6 is 11.6 Å². The normalized spacial score (nSPS) is 17.1. The van der Waals surface area contributed by atoms with E-state index in [0.29, 0.717) is 37.2 Å². The van der Waals surface area contributed by atoms with Crippen molar-refractivity contribution in [3.63, 3.8) is 0 Å². The number of carboxylic acid groups (broad SMARTS) is 1. The Balaban J connectivity index is 0.000000267. The van der Waals surface area contributed by atoms with E-state index >= 15 is 0 Å². The number of nitrogen functional groups attached to an aromatic ring is 2. The van der Waals surface area contributed by atoms with Crippen molar-refractivity contribution in [1.29, 1.82) is 0 Å². The average Bonchev–Trinajstić information content (AvgIpc) is 1.82. The second kappa shape index (κ2) is 45.0. The van der Waals surface area contributed by atoms with Crippen molar-refractivity contribution in [3.05, 3.63) is 245 Å². The van der Waals surface area contributed by atoms with Gasteiger partial charge in [-0.2, -0.15) is 0 Å². The van der Waals surface area contributed by atoms with Crippen molar-refractivity contribution >= 4 is 76.3 Å². The molecule has 0 saturated carbocycles. The first-order chi connectivity index (χ1) is 47.3. The third-order valence-corrected chi connectivity index (χ3v) is 15.8. The molecule has 0 spiro atoms. The molecule has 520 valence electrons. The van der Waals surface area contributed by atoms with Gasteiger partial charge < -0.3 is 40.8 Å². The Morgan fingerprint density at radius 3 is 1.15 bits per heavy atom. The summed E-state index contributed by atoms with van der Waals surface area (Å²) >= 11 is 4.93. The van der Waals surface area contributed by atoms with Crippen LogP contribution in [0.2, 0.25) is 0 Å². The molecule has 6 aromatic rings. The number of nitrogens with zero attached hydrogens (tertiary/aromatic N) is 4. The van der Waals surface area contributed by atoms with E-state index < -0.39 is 35.6 Å². The van der Waals surface area contributed by atoms with Crippen molar-refractivity contribution in [2.75, 3.05) is 37.9 Å². The van der Waals surface area contributed by atoms with Crippen LogP contribution in [-0.2, 0) is 68.6 Å². The fourth-order valence-corrected chi connectivity index (χ4v) is 10.8. The molecule has 22 heteroatoms. The molecule has 0 aromatic heterocycles. The number of ether oxygens (including phenoxy) is 4. The summed E-state index contributed by atoms with van der Waals surface area (Å²) in [6.45, 7) is 11.0. The van der Waals surface area contributed by atoms with Crippen molar-refractivity contribution in [3.8, 4) is 0 Å². The fourth-order valence-electron chi connectivity index (χ4n) is 10.7. The van der Waals surface area contributed by atoms with Gasteiger partial charge >= 0.3 is 43.1 Å². The minimum atomic E-state index is -0.873. The van der Waals surface area contributed by atoms with Crippen LogP contribution in [-0.4, -0.2) is 124 Å². The van der Waals surface area contributed by atoms with Gasteiger partial charge in [0.2, 0.25) is 23.2 Å². The van der Waals surface area contributed by atoms with E-state index in [4.69, 9.17) is 47.1 Å². The number of allylic oxidation sites excluding steroid dienone is 4. The molecule has 99 heavy (non-hydrogen) atoms. The molecule has 20 nitrogen and oxygen atoms in total. The summed E-state index contributed by atoms with van der Waals surface area (Å²) in [6.07, 6.45) is 14.1. The molecule has 0 aliphatic carbocycles. The zero-order valence-corrected chi connectivity index (χ0v) is 58.0. The summed E-state index contributed by atoms with van der Waals surface area (Å²) in [7, 11) is 0. The van der Waals surface area contributed by atoms with Crippen LogP contribution in [0.3, 0.4) is 0 Å². The Hall–Kier alpha value is -9.74. The van der Waals surface area contributed by atoms with E-state index in [1.54, 1.807) is 18.2 Å². The number of anilines is 2. The number of amides is 7. The molecular weight excluding hydrogens is 1280 g/mol. The second-order valence-electron chi connectivity index (χ2n) is 23.1. The Morgan fingerprint density at radius 2 is 0.838 bits per heavy atom. The van der Waals surface area contributed by atoms with Gasteiger partial charge in [-0.3, -0.25) is 24.0 Å². The molecule has 6 aromatic carbocycles. The minimum Gasteiger partial charge on any atom is -0.612 e. The van der Waals surface area contributed by atoms with Crippen molar-refractivity contribution < 1.29 is 86.1 Å². The quantitative estimate of drug-likeness (QED) is 0.0187. The van der Waals surface area contributed by atoms with Gasteiger partial charge in [0.25, 0.3) is 5.91 Å². The van der Waals surface area contributed by atoms with Gasteiger partial charge in [-0.25, -0.2) is 33.9 Å². The second-order valence-corrected chi connectivity index (χ2v) is 23.5. The summed E-state index contributed by atoms with van der Waals surface area (Å²) < 4.78 is 20.0. The van der Waals surface area contributed by atoms with Gasteiger partial charge in [-0.05, 0) is 151 Å². The van der Waals surface area contributed by atoms with Crippen molar-refractivity contribution in [2.45, 2.75) is 141 Å². The third-order valence-electron chi connectivity index (χ3n) is 15.7. The first-order valence-corrected chi connectivity index (χ1v) is 33.3. The maximum Gasteiger partial charge on any atom is 1.00 e. The molecule has 0 bridgehead atoms. The Morgan fingerprint density at radius 1 is 0.485 bits per heavy atom. The third kappa shape index (κ3) is 29.1. The zero-order chi connectivity index (χ0) is 71.2. The van der Waals surface area contributed by atoms with Crippen LogP contribution in [0.15, 0.2) is 206 Å². The first-order valence-electron chi connectivity index (χ1n) is 32.9. The van der Waals surface area contributed by atoms with E-state index in [1.165, 1.54) is 32.4 Å². The zero-order valence-electron chi connectivity index (χ0n) is 57.3. The summed E-state index contributed by atoms with van der Waals surface area (Å²) in [4.78, 5) is 108. The van der Waals surface area contributed by atoms with Crippen LogP contribution in [0.4, 0.5) is 30.6 Å². The van der Waals surface area contributed by atoms with Crippen LogP contribution in [0, 0.1) is 0 Å². The molecule has 7 amide bonds. The molecule has 4 fully saturated rings. The summed E-state index contributed by atoms with van der Waals surface area (Å²) in [6, 6.07) is 53.9. The Labute approximate surface area is 597 Å². The van der Waals surface area contributed by atoms with E-state index in [-0.39, 0.29) is 105 Å². The number of hydrogen-bond donors (Lipinski definition) is 3. The fraction of sp³-hybridized carbons (Fsp3) is 0.338. The number of rotatable bonds is 22. The standard InChI is InChI=1S/2C21H24N2O3.C15H17NO3.C10H11NO2.C5H7ClO.C5H8O2.Li/c2*1-2-16(17-9-6-10-18(22)12-17)13-20(24)23-19(14-26-21(23)25)11-15-7-4-3-5-8-15;1-2-3-9-14(17)16-13(11-19-15(16)18)10-12-7-5-4-6-8-12;12-10-11-9(7-13-10)6-8-4-2-1-3-5-8;2*1-2-3-4-5(6)7;/h2*3-10,12,16,19H,2,11,13-14,22H2,1H3;3-9,13H,2,10-11H2,1H3;1-5,9H,6-7H2,(H,11,12);3-4H,2H2,1H3;3-4H,2H2,1H3,(H,6,7);/q;;;;;;+1/p-1/b;;9-3+;;2*4-3+;/t16?,19-;16-,19+;13-;9-;;;/m0100.../s1. The molecule has 6 atom stereocenters. The Bertz CT molecular complexity index is 3450. The van der Waals surface area contributed by atoms with Crippen molar-refractivity contribution in [2.24, 2.45) is 0 Å². The summed E-state index contributed by atoms with van der Waals surface area (Å²) in [5.74, 6) is -1.51. The predicted molar refractivity (Wildman–Crippen MR) is 379 cm³/mol. The van der Waals surface area contributed by atoms with Crippen LogP contribution in [0.5, 0.6) is 0 Å². The van der Waals surface area contributed by atoms with Gasteiger partial charge in [-0.1, -0.05) is 204 Å². The maximum atomic E-state index is 12.9. The number of imide groups is 3. The van der Waals surface area contributed by atoms with Gasteiger partial charge in [-0.15, -0.1) is 0 Å². The number of aliphatic carboxylic acids is 1. The number of benzene rings is 6. The van der Waals surface area contributed by atoms with Gasteiger partial charge in [0.05, 0.1) is 24.7 Å². The molecule has 1 unspecified atom stereocenters. The molecule has 4 aliphatic rings. The summed E-state index contributed by atoms with van der Waals surface area (Å²) in [5, 5.41) is 11.4. The SMILES string of the molecule is CC/C=C/C(=O)Cl.CC/C=C/C(=O)N1C(=O)OC[C@@H]1Cc1ccccc1.CC/C=C/C(=O)O.CCC(CC(=O)N1C(=O)OC[C@@H]1Cc1ccccc1)c1cccc(N)c1.CC[C@H](CC(=O)N1C(=O)OC[C@@H]1Cc1ccccc1)c1cccc(N)c1.O=C1[N-][C@@H](Cc2ccccc2)CO1.[Li+]. The number of cyclic esters (lactones) is 4. The summed E-state index contributed by atoms with van der Waals surface area (Å²) in [5.41, 5.74) is 19.6. The molecular formula is C77H90ClLiN6O14. The van der Waals surface area contributed by atoms with E-state index in [0.717, 1.165) is 72.4 Å². The molecule has 0 radical (unpaired) electrons. The van der Waals surface area contributed by atoms with Crippen LogP contribution in [0.25, 0.3) is 5.32 Å². The molecule has 4 saturated heterocycles. The van der Waals surface area contributed by atoms with Gasteiger partial charge in [0.15, 0.2) is 0 Å². The largest absolute Gasteiger partial charge is 1.00 e. The first kappa shape index (κ1) is 81.7. The Kier molecular flexibility index (Phi) is 37.1. The topological polar surface area (TPSA) is 287 Å². The molecule has 4 heterocycles. The van der Waals surface area contributed by atoms with E-state index in [2.05, 4.69) is 5.32 Å². The minimum absolute atomic E-state index is 0. The number of carbonyl (C=O) groups is 9. The molecule has 10 rings (SSSR count). The smallest absolute Gasteiger partial charge is 0.612 e. The van der Waals surface area contributed by atoms with Crippen LogP contribution < -0.4 is 30.3 Å². The number of carbonyl (C=O) groups excluding carboxylic acids is 8. The monoisotopic (exact) mass is 1360 g/mol. The van der Waals surface area contributed by atoms with E-state index in [9.17, 15) is 43.2 Å². The number of hydrogen-bond acceptors (Lipinski definition) is 15. The van der Waals surface area contributed by atoms with E-state index in [1.807, 2.05) is 204 Å². The van der Waals surface area contributed by atoms with Crippen LogP contribution in [0.1, 0.15) is 125 Å². The average molecular weight is 1370 g/mol. The van der Waals surface area contributed by atoms with Crippen molar-refractivity contribution in [1.82, 2.24) is 14.7 Å².